The van der Waals surface area contributed by atoms with Crippen LogP contribution in [0.25, 0.3) is 0 Å². The van der Waals surface area contributed by atoms with Gasteiger partial charge in [0, 0.05) is 25.1 Å². The molecule has 0 fully saturated rings. The number of anilines is 1. The summed E-state index contributed by atoms with van der Waals surface area (Å²) >= 11 is 6.12. The zero-order valence-electron chi connectivity index (χ0n) is 18.3. The van der Waals surface area contributed by atoms with Gasteiger partial charge in [0.15, 0.2) is 0 Å². The molecule has 0 spiro atoms. The van der Waals surface area contributed by atoms with Gasteiger partial charge in [-0.3, -0.25) is 14.4 Å². The van der Waals surface area contributed by atoms with Crippen molar-refractivity contribution in [2.45, 2.75) is 20.1 Å². The lowest BCUT2D eigenvalue weighted by molar-refractivity contribution is -0.135. The number of hydrazone groups is 1. The molecule has 34 heavy (non-hydrogen) atoms. The molecule has 1 N–H and O–H groups in total. The summed E-state index contributed by atoms with van der Waals surface area (Å²) in [5.74, 6) is -0.824. The Hall–Kier alpha value is -4.17. The van der Waals surface area contributed by atoms with Crippen LogP contribution in [0.4, 0.5) is 5.69 Å². The second kappa shape index (κ2) is 9.76. The second-order valence-corrected chi connectivity index (χ2v) is 7.80. The van der Waals surface area contributed by atoms with Crippen LogP contribution in [0.15, 0.2) is 77.9 Å². The van der Waals surface area contributed by atoms with Crippen LogP contribution in [0, 0.1) is 0 Å². The van der Waals surface area contributed by atoms with E-state index in [-0.39, 0.29) is 23.5 Å². The largest absolute Gasteiger partial charge is 0.446 e. The SMILES string of the molecule is CC(=O)Oc1ccccc1C1=NN(C(C)=O)C(c2cccc(NC(=O)c3ccccc3Cl)c2)O1. The monoisotopic (exact) mass is 477 g/mol. The molecule has 3 aromatic carbocycles. The van der Waals surface area contributed by atoms with Crippen LogP contribution >= 0.6 is 11.6 Å². The standard InChI is InChI=1S/C25H20ClN3O5/c1-15(30)29-25(34-24(28-29)20-11-4-6-13-22(20)33-16(2)31)17-8-7-9-18(14-17)27-23(32)19-10-3-5-12-21(19)26/h3-14,25H,1-2H3,(H,27,32). The molecule has 172 valence electrons. The van der Waals surface area contributed by atoms with Crippen molar-refractivity contribution in [3.05, 3.63) is 94.5 Å². The lowest BCUT2D eigenvalue weighted by atomic mass is 10.1. The van der Waals surface area contributed by atoms with E-state index >= 15 is 0 Å². The third-order valence-corrected chi connectivity index (χ3v) is 5.22. The minimum absolute atomic E-state index is 0.127. The average molecular weight is 478 g/mol. The number of hydrogen-bond acceptors (Lipinski definition) is 6. The highest BCUT2D eigenvalue weighted by molar-refractivity contribution is 6.34. The zero-order valence-corrected chi connectivity index (χ0v) is 19.1. The molecule has 2 amide bonds. The molecule has 8 nitrogen and oxygen atoms in total. The number of carbonyl (C=O) groups is 3. The number of halogens is 1. The highest BCUT2D eigenvalue weighted by Crippen LogP contribution is 2.33. The number of esters is 1. The minimum atomic E-state index is -0.880. The van der Waals surface area contributed by atoms with E-state index in [0.717, 1.165) is 0 Å². The number of nitrogens with one attached hydrogen (secondary N) is 1. The molecule has 1 aliphatic rings. The van der Waals surface area contributed by atoms with E-state index in [1.54, 1.807) is 72.8 Å². The molecule has 1 unspecified atom stereocenters. The first kappa shape index (κ1) is 23.0. The van der Waals surface area contributed by atoms with Gasteiger partial charge < -0.3 is 14.8 Å². The van der Waals surface area contributed by atoms with Crippen molar-refractivity contribution in [2.24, 2.45) is 5.10 Å². The van der Waals surface area contributed by atoms with Crippen LogP contribution in [0.3, 0.4) is 0 Å². The van der Waals surface area contributed by atoms with Gasteiger partial charge in [-0.1, -0.05) is 48.0 Å². The summed E-state index contributed by atoms with van der Waals surface area (Å²) in [7, 11) is 0. The number of hydrogen-bond donors (Lipinski definition) is 1. The smallest absolute Gasteiger partial charge is 0.308 e. The zero-order chi connectivity index (χ0) is 24.2. The van der Waals surface area contributed by atoms with Gasteiger partial charge in [-0.2, -0.15) is 5.01 Å². The molecule has 0 saturated heterocycles. The van der Waals surface area contributed by atoms with Gasteiger partial charge in [0.25, 0.3) is 5.91 Å². The molecule has 0 radical (unpaired) electrons. The van der Waals surface area contributed by atoms with Crippen LogP contribution in [0.2, 0.25) is 5.02 Å². The molecular formula is C25H20ClN3O5. The molecule has 1 aliphatic heterocycles. The molecule has 0 aromatic heterocycles. The van der Waals surface area contributed by atoms with E-state index in [9.17, 15) is 14.4 Å². The van der Waals surface area contributed by atoms with Gasteiger partial charge in [0.2, 0.25) is 18.0 Å². The van der Waals surface area contributed by atoms with Crippen molar-refractivity contribution in [3.8, 4) is 5.75 Å². The fourth-order valence-corrected chi connectivity index (χ4v) is 3.61. The summed E-state index contributed by atoms with van der Waals surface area (Å²) in [6.07, 6.45) is -0.880. The summed E-state index contributed by atoms with van der Waals surface area (Å²) in [6, 6.07) is 20.3. The molecule has 1 atom stereocenters. The molecule has 0 bridgehead atoms. The van der Waals surface area contributed by atoms with E-state index in [2.05, 4.69) is 10.4 Å². The lowest BCUT2D eigenvalue weighted by Gasteiger charge is -2.20. The number of carbonyl (C=O) groups excluding carboxylic acids is 3. The Morgan fingerprint density at radius 3 is 2.47 bits per heavy atom. The third kappa shape index (κ3) is 4.92. The van der Waals surface area contributed by atoms with E-state index in [1.807, 2.05) is 0 Å². The summed E-state index contributed by atoms with van der Waals surface area (Å²) in [6.45, 7) is 2.66. The van der Waals surface area contributed by atoms with Crippen molar-refractivity contribution < 1.29 is 23.9 Å². The van der Waals surface area contributed by atoms with Gasteiger partial charge in [0.1, 0.15) is 5.75 Å². The maximum absolute atomic E-state index is 12.6. The number of nitrogens with zero attached hydrogens (tertiary/aromatic N) is 2. The van der Waals surface area contributed by atoms with Crippen LogP contribution in [0.5, 0.6) is 5.75 Å². The van der Waals surface area contributed by atoms with Crippen LogP contribution in [0.1, 0.15) is 41.6 Å². The van der Waals surface area contributed by atoms with Crippen LogP contribution < -0.4 is 10.1 Å². The Kier molecular flexibility index (Phi) is 6.60. The highest BCUT2D eigenvalue weighted by Gasteiger charge is 2.34. The normalized spacial score (nSPS) is 14.7. The predicted octanol–water partition coefficient (Wildman–Crippen LogP) is 4.76. The van der Waals surface area contributed by atoms with Crippen molar-refractivity contribution >= 4 is 41.0 Å². The molecule has 0 saturated carbocycles. The summed E-state index contributed by atoms with van der Waals surface area (Å²) in [4.78, 5) is 36.4. The number of benzene rings is 3. The van der Waals surface area contributed by atoms with E-state index in [4.69, 9.17) is 21.1 Å². The topological polar surface area (TPSA) is 97.3 Å². The molecule has 1 heterocycles. The number of amides is 2. The van der Waals surface area contributed by atoms with Crippen molar-refractivity contribution in [2.75, 3.05) is 5.32 Å². The molecule has 3 aromatic rings. The first-order valence-electron chi connectivity index (χ1n) is 10.3. The molecule has 4 rings (SSSR count). The van der Waals surface area contributed by atoms with Crippen LogP contribution in [-0.4, -0.2) is 28.7 Å². The van der Waals surface area contributed by atoms with Crippen molar-refractivity contribution in [1.82, 2.24) is 5.01 Å². The Bertz CT molecular complexity index is 1310. The summed E-state index contributed by atoms with van der Waals surface area (Å²) < 4.78 is 11.3. The third-order valence-electron chi connectivity index (χ3n) is 4.89. The lowest BCUT2D eigenvalue weighted by Crippen LogP contribution is -2.25. The van der Waals surface area contributed by atoms with Gasteiger partial charge >= 0.3 is 5.97 Å². The Morgan fingerprint density at radius 2 is 1.74 bits per heavy atom. The van der Waals surface area contributed by atoms with E-state index in [0.29, 0.717) is 27.4 Å². The Labute approximate surface area is 200 Å². The Balaban J connectivity index is 1.60. The molecule has 0 aliphatic carbocycles. The second-order valence-electron chi connectivity index (χ2n) is 7.39. The minimum Gasteiger partial charge on any atom is -0.446 e. The fourth-order valence-electron chi connectivity index (χ4n) is 3.39. The van der Waals surface area contributed by atoms with Gasteiger partial charge in [-0.15, -0.1) is 5.10 Å². The predicted molar refractivity (Wildman–Crippen MR) is 126 cm³/mol. The van der Waals surface area contributed by atoms with Crippen LogP contribution in [-0.2, 0) is 14.3 Å². The van der Waals surface area contributed by atoms with E-state index < -0.39 is 12.2 Å². The number of para-hydroxylation sites is 1. The quantitative estimate of drug-likeness (QED) is 0.422. The molecule has 9 heteroatoms. The Morgan fingerprint density at radius 1 is 1.00 bits per heavy atom. The maximum atomic E-state index is 12.6. The number of rotatable bonds is 5. The highest BCUT2D eigenvalue weighted by atomic mass is 35.5. The summed E-state index contributed by atoms with van der Waals surface area (Å²) in [5, 5.41) is 8.64. The van der Waals surface area contributed by atoms with E-state index in [1.165, 1.54) is 18.9 Å². The first-order valence-corrected chi connectivity index (χ1v) is 10.7. The number of ether oxygens (including phenoxy) is 2. The van der Waals surface area contributed by atoms with Gasteiger partial charge in [-0.25, -0.2) is 0 Å². The summed E-state index contributed by atoms with van der Waals surface area (Å²) in [5.41, 5.74) is 1.83. The van der Waals surface area contributed by atoms with Crippen molar-refractivity contribution in [1.29, 1.82) is 0 Å². The average Bonchev–Trinajstić information content (AvgIpc) is 3.25. The first-order chi connectivity index (χ1) is 16.3. The fraction of sp³-hybridized carbons (Fsp3) is 0.120. The van der Waals surface area contributed by atoms with Gasteiger partial charge in [0.05, 0.1) is 16.1 Å². The van der Waals surface area contributed by atoms with Crippen molar-refractivity contribution in [3.63, 3.8) is 0 Å². The molecular weight excluding hydrogens is 458 g/mol. The maximum Gasteiger partial charge on any atom is 0.308 e. The van der Waals surface area contributed by atoms with Gasteiger partial charge in [-0.05, 0) is 36.4 Å².